The lowest BCUT2D eigenvalue weighted by Crippen LogP contribution is -2.37. The molecular weight excluding hydrogens is 358 g/mol. The summed E-state index contributed by atoms with van der Waals surface area (Å²) in [5.74, 6) is -0.204. The molecule has 0 bridgehead atoms. The van der Waals surface area contributed by atoms with Gasteiger partial charge in [-0.05, 0) is 29.7 Å². The fourth-order valence-corrected chi connectivity index (χ4v) is 3.76. The Morgan fingerprint density at radius 3 is 1.93 bits per heavy atom. The molecule has 0 radical (unpaired) electrons. The third kappa shape index (κ3) is 4.05. The van der Waals surface area contributed by atoms with Crippen molar-refractivity contribution in [3.8, 4) is 0 Å². The second kappa shape index (κ2) is 8.85. The number of hydrogen-bond acceptors (Lipinski definition) is 2. The van der Waals surface area contributed by atoms with Gasteiger partial charge in [0.2, 0.25) is 5.91 Å². The summed E-state index contributed by atoms with van der Waals surface area (Å²) >= 11 is 6.63. The zero-order valence-corrected chi connectivity index (χ0v) is 15.9. The van der Waals surface area contributed by atoms with Crippen LogP contribution in [0.1, 0.15) is 30.0 Å². The van der Waals surface area contributed by atoms with Crippen LogP contribution in [0.2, 0.25) is 5.02 Å². The summed E-state index contributed by atoms with van der Waals surface area (Å²) in [6.07, 6.45) is 0.171. The molecular formula is C23H22ClNO2. The highest BCUT2D eigenvalue weighted by atomic mass is 35.5. The lowest BCUT2D eigenvalue weighted by Gasteiger charge is -2.36. The Kier molecular flexibility index (Phi) is 6.28. The molecule has 3 nitrogen and oxygen atoms in total. The summed E-state index contributed by atoms with van der Waals surface area (Å²) < 4.78 is 0. The van der Waals surface area contributed by atoms with Crippen molar-refractivity contribution in [1.29, 1.82) is 0 Å². The standard InChI is InChI=1S/C23H22ClNO2/c1-2-27-25-22(26)17-23(18-11-5-3-6-12-18,19-13-7-4-8-14-19)20-15-9-10-16-21(20)24/h3-16H,2,17H2,1H3,(H,25,26). The summed E-state index contributed by atoms with van der Waals surface area (Å²) in [6.45, 7) is 2.23. The topological polar surface area (TPSA) is 38.3 Å². The molecule has 0 unspecified atom stereocenters. The van der Waals surface area contributed by atoms with E-state index in [-0.39, 0.29) is 12.3 Å². The third-order valence-electron chi connectivity index (χ3n) is 4.62. The number of hydroxylamine groups is 1. The monoisotopic (exact) mass is 379 g/mol. The highest BCUT2D eigenvalue weighted by Crippen LogP contribution is 2.44. The Labute approximate surface area is 164 Å². The minimum absolute atomic E-state index is 0.171. The predicted octanol–water partition coefficient (Wildman–Crippen LogP) is 5.13. The Morgan fingerprint density at radius 2 is 1.41 bits per heavy atom. The maximum atomic E-state index is 12.8. The van der Waals surface area contributed by atoms with E-state index < -0.39 is 5.41 Å². The molecule has 0 heterocycles. The molecule has 0 saturated carbocycles. The van der Waals surface area contributed by atoms with Crippen LogP contribution in [0.4, 0.5) is 0 Å². The first kappa shape index (κ1) is 19.2. The summed E-state index contributed by atoms with van der Waals surface area (Å²) in [6, 6.07) is 27.6. The average Bonchev–Trinajstić information content (AvgIpc) is 2.72. The van der Waals surface area contributed by atoms with Gasteiger partial charge in [0.15, 0.2) is 0 Å². The lowest BCUT2D eigenvalue weighted by molar-refractivity contribution is -0.133. The SMILES string of the molecule is CCONC(=O)CC(c1ccccc1)(c1ccccc1)c1ccccc1Cl. The number of benzene rings is 3. The smallest absolute Gasteiger partial charge is 0.245 e. The summed E-state index contributed by atoms with van der Waals surface area (Å²) in [5, 5.41) is 0.620. The van der Waals surface area contributed by atoms with Crippen LogP contribution in [-0.2, 0) is 15.0 Å². The van der Waals surface area contributed by atoms with Crippen molar-refractivity contribution in [3.05, 3.63) is 107 Å². The molecule has 4 heteroatoms. The zero-order chi connectivity index (χ0) is 19.1. The molecule has 27 heavy (non-hydrogen) atoms. The molecule has 0 aromatic heterocycles. The Balaban J connectivity index is 2.25. The fourth-order valence-electron chi connectivity index (χ4n) is 3.46. The van der Waals surface area contributed by atoms with Crippen molar-refractivity contribution in [3.63, 3.8) is 0 Å². The number of carbonyl (C=O) groups is 1. The fraction of sp³-hybridized carbons (Fsp3) is 0.174. The first-order valence-electron chi connectivity index (χ1n) is 8.95. The van der Waals surface area contributed by atoms with E-state index in [2.05, 4.69) is 5.48 Å². The van der Waals surface area contributed by atoms with Gasteiger partial charge in [-0.2, -0.15) is 0 Å². The van der Waals surface area contributed by atoms with Gasteiger partial charge in [0.05, 0.1) is 12.0 Å². The summed E-state index contributed by atoms with van der Waals surface area (Å²) in [4.78, 5) is 17.9. The van der Waals surface area contributed by atoms with Crippen LogP contribution in [0.15, 0.2) is 84.9 Å². The first-order valence-corrected chi connectivity index (χ1v) is 9.33. The third-order valence-corrected chi connectivity index (χ3v) is 4.95. The maximum absolute atomic E-state index is 12.8. The lowest BCUT2D eigenvalue weighted by atomic mass is 9.67. The molecule has 0 spiro atoms. The van der Waals surface area contributed by atoms with Crippen LogP contribution >= 0.6 is 11.6 Å². The summed E-state index contributed by atoms with van der Waals surface area (Å²) in [5.41, 5.74) is 4.68. The molecule has 0 saturated heterocycles. The predicted molar refractivity (Wildman–Crippen MR) is 109 cm³/mol. The van der Waals surface area contributed by atoms with Gasteiger partial charge in [-0.1, -0.05) is 90.5 Å². The van der Waals surface area contributed by atoms with E-state index in [0.29, 0.717) is 11.6 Å². The second-order valence-corrected chi connectivity index (χ2v) is 6.66. The number of hydrogen-bond donors (Lipinski definition) is 1. The second-order valence-electron chi connectivity index (χ2n) is 6.25. The Bertz CT molecular complexity index is 842. The summed E-state index contributed by atoms with van der Waals surface area (Å²) in [7, 11) is 0. The van der Waals surface area contributed by atoms with E-state index in [0.717, 1.165) is 16.7 Å². The number of nitrogens with one attached hydrogen (secondary N) is 1. The van der Waals surface area contributed by atoms with Crippen LogP contribution in [0, 0.1) is 0 Å². The van der Waals surface area contributed by atoms with Crippen LogP contribution in [0.25, 0.3) is 0 Å². The van der Waals surface area contributed by atoms with E-state index in [4.69, 9.17) is 16.4 Å². The van der Waals surface area contributed by atoms with Crippen LogP contribution in [0.5, 0.6) is 0 Å². The van der Waals surface area contributed by atoms with Crippen molar-refractivity contribution in [2.24, 2.45) is 0 Å². The van der Waals surface area contributed by atoms with Gasteiger partial charge in [-0.25, -0.2) is 5.48 Å². The molecule has 3 aromatic rings. The number of amides is 1. The number of halogens is 1. The Hall–Kier alpha value is -2.62. The van der Waals surface area contributed by atoms with Crippen LogP contribution < -0.4 is 5.48 Å². The van der Waals surface area contributed by atoms with Gasteiger partial charge >= 0.3 is 0 Å². The number of rotatable bonds is 7. The van der Waals surface area contributed by atoms with E-state index in [9.17, 15) is 4.79 Å². The highest BCUT2D eigenvalue weighted by Gasteiger charge is 2.39. The molecule has 0 aliphatic rings. The molecule has 0 fully saturated rings. The molecule has 0 atom stereocenters. The molecule has 1 amide bonds. The number of carbonyl (C=O) groups excluding carboxylic acids is 1. The highest BCUT2D eigenvalue weighted by molar-refractivity contribution is 6.31. The largest absolute Gasteiger partial charge is 0.274 e. The van der Waals surface area contributed by atoms with E-state index in [1.807, 2.05) is 91.9 Å². The average molecular weight is 380 g/mol. The van der Waals surface area contributed by atoms with Crippen molar-refractivity contribution >= 4 is 17.5 Å². The molecule has 138 valence electrons. The minimum atomic E-state index is -0.734. The maximum Gasteiger partial charge on any atom is 0.245 e. The first-order chi connectivity index (χ1) is 13.2. The van der Waals surface area contributed by atoms with Crippen molar-refractivity contribution < 1.29 is 9.63 Å². The van der Waals surface area contributed by atoms with Gasteiger partial charge in [-0.3, -0.25) is 9.63 Å². The van der Waals surface area contributed by atoms with Gasteiger partial charge in [0.25, 0.3) is 0 Å². The van der Waals surface area contributed by atoms with Gasteiger partial charge in [0.1, 0.15) is 0 Å². The molecule has 0 aliphatic carbocycles. The van der Waals surface area contributed by atoms with Crippen LogP contribution in [-0.4, -0.2) is 12.5 Å². The van der Waals surface area contributed by atoms with Gasteiger partial charge < -0.3 is 0 Å². The Morgan fingerprint density at radius 1 is 0.889 bits per heavy atom. The quantitative estimate of drug-likeness (QED) is 0.456. The van der Waals surface area contributed by atoms with E-state index >= 15 is 0 Å². The van der Waals surface area contributed by atoms with Gasteiger partial charge in [0, 0.05) is 11.4 Å². The van der Waals surface area contributed by atoms with Crippen molar-refractivity contribution in [2.45, 2.75) is 18.8 Å². The van der Waals surface area contributed by atoms with Crippen molar-refractivity contribution in [2.75, 3.05) is 6.61 Å². The van der Waals surface area contributed by atoms with E-state index in [1.54, 1.807) is 0 Å². The minimum Gasteiger partial charge on any atom is -0.274 e. The molecule has 0 aliphatic heterocycles. The van der Waals surface area contributed by atoms with Gasteiger partial charge in [-0.15, -0.1) is 0 Å². The molecule has 3 rings (SSSR count). The normalized spacial score (nSPS) is 11.2. The zero-order valence-electron chi connectivity index (χ0n) is 15.2. The molecule has 3 aromatic carbocycles. The van der Waals surface area contributed by atoms with Crippen molar-refractivity contribution in [1.82, 2.24) is 5.48 Å². The van der Waals surface area contributed by atoms with Crippen LogP contribution in [0.3, 0.4) is 0 Å². The van der Waals surface area contributed by atoms with E-state index in [1.165, 1.54) is 0 Å². The molecule has 1 N–H and O–H groups in total.